The molecular formula is C17H25NO3. The molecule has 4 heteroatoms. The van der Waals surface area contributed by atoms with E-state index in [0.717, 1.165) is 23.5 Å². The predicted octanol–water partition coefficient (Wildman–Crippen LogP) is 2.30. The monoisotopic (exact) mass is 291 g/mol. The van der Waals surface area contributed by atoms with Crippen LogP contribution in [0.1, 0.15) is 37.7 Å². The average Bonchev–Trinajstić information content (AvgIpc) is 2.94. The number of benzene rings is 1. The van der Waals surface area contributed by atoms with Crippen LogP contribution in [0, 0.1) is 11.8 Å². The molecule has 0 aromatic heterocycles. The number of rotatable bonds is 4. The van der Waals surface area contributed by atoms with Crippen molar-refractivity contribution < 1.29 is 14.6 Å². The Labute approximate surface area is 126 Å². The standard InChI is InChI=1S/C17H25NO3/c1-11-3-2-4-13(11)17(19)14(10-18)12-5-6-15-16(9-12)21-8-7-20-15/h5-6,9,11,13-14,17,19H,2-4,7-8,10,18H2,1H3. The van der Waals surface area contributed by atoms with Gasteiger partial charge in [-0.15, -0.1) is 0 Å². The van der Waals surface area contributed by atoms with Crippen LogP contribution in [0.15, 0.2) is 18.2 Å². The summed E-state index contributed by atoms with van der Waals surface area (Å²) in [6, 6.07) is 5.92. The van der Waals surface area contributed by atoms with Gasteiger partial charge in [-0.2, -0.15) is 0 Å². The van der Waals surface area contributed by atoms with Gasteiger partial charge < -0.3 is 20.3 Å². The quantitative estimate of drug-likeness (QED) is 0.893. The summed E-state index contributed by atoms with van der Waals surface area (Å²) >= 11 is 0. The fourth-order valence-electron chi connectivity index (χ4n) is 3.74. The minimum Gasteiger partial charge on any atom is -0.486 e. The van der Waals surface area contributed by atoms with Crippen LogP contribution in [0.5, 0.6) is 11.5 Å². The summed E-state index contributed by atoms with van der Waals surface area (Å²) in [4.78, 5) is 0. The normalized spacial score (nSPS) is 27.4. The van der Waals surface area contributed by atoms with Crippen molar-refractivity contribution in [1.82, 2.24) is 0 Å². The Bertz CT molecular complexity index is 491. The molecule has 3 N–H and O–H groups in total. The van der Waals surface area contributed by atoms with Crippen molar-refractivity contribution >= 4 is 0 Å². The van der Waals surface area contributed by atoms with Gasteiger partial charge in [-0.05, 0) is 36.0 Å². The fourth-order valence-corrected chi connectivity index (χ4v) is 3.74. The first-order chi connectivity index (χ1) is 10.2. The molecule has 1 saturated carbocycles. The average molecular weight is 291 g/mol. The van der Waals surface area contributed by atoms with E-state index in [1.165, 1.54) is 12.8 Å². The second-order valence-electron chi connectivity index (χ2n) is 6.31. The van der Waals surface area contributed by atoms with E-state index in [2.05, 4.69) is 6.92 Å². The summed E-state index contributed by atoms with van der Waals surface area (Å²) in [5.74, 6) is 2.44. The van der Waals surface area contributed by atoms with Crippen LogP contribution in [-0.2, 0) is 0 Å². The topological polar surface area (TPSA) is 64.7 Å². The van der Waals surface area contributed by atoms with Gasteiger partial charge in [0.2, 0.25) is 0 Å². The lowest BCUT2D eigenvalue weighted by atomic mass is 9.81. The van der Waals surface area contributed by atoms with Gasteiger partial charge in [-0.3, -0.25) is 0 Å². The molecule has 21 heavy (non-hydrogen) atoms. The summed E-state index contributed by atoms with van der Waals surface area (Å²) in [5.41, 5.74) is 7.01. The van der Waals surface area contributed by atoms with Gasteiger partial charge in [0, 0.05) is 12.5 Å². The summed E-state index contributed by atoms with van der Waals surface area (Å²) in [6.45, 7) is 3.85. The zero-order chi connectivity index (χ0) is 14.8. The van der Waals surface area contributed by atoms with Crippen molar-refractivity contribution in [2.45, 2.75) is 38.2 Å². The van der Waals surface area contributed by atoms with E-state index in [1.807, 2.05) is 18.2 Å². The maximum Gasteiger partial charge on any atom is 0.161 e. The Morgan fingerprint density at radius 3 is 2.67 bits per heavy atom. The van der Waals surface area contributed by atoms with Gasteiger partial charge in [0.05, 0.1) is 6.10 Å². The van der Waals surface area contributed by atoms with Gasteiger partial charge in [-0.1, -0.05) is 25.8 Å². The third-order valence-electron chi connectivity index (χ3n) is 5.03. The molecule has 1 aliphatic carbocycles. The van der Waals surface area contributed by atoms with E-state index >= 15 is 0 Å². The predicted molar refractivity (Wildman–Crippen MR) is 81.7 cm³/mol. The summed E-state index contributed by atoms with van der Waals surface area (Å²) in [5, 5.41) is 10.8. The lowest BCUT2D eigenvalue weighted by molar-refractivity contribution is 0.0663. The molecule has 0 radical (unpaired) electrons. The van der Waals surface area contributed by atoms with Crippen LogP contribution in [-0.4, -0.2) is 31.0 Å². The molecule has 1 aliphatic heterocycles. The van der Waals surface area contributed by atoms with E-state index in [9.17, 15) is 5.11 Å². The van der Waals surface area contributed by atoms with Crippen LogP contribution < -0.4 is 15.2 Å². The van der Waals surface area contributed by atoms with E-state index in [1.54, 1.807) is 0 Å². The molecule has 1 heterocycles. The molecule has 3 rings (SSSR count). The molecule has 2 aliphatic rings. The number of fused-ring (bicyclic) bond motifs is 1. The first-order valence-corrected chi connectivity index (χ1v) is 7.98. The number of hydrogen-bond donors (Lipinski definition) is 2. The van der Waals surface area contributed by atoms with Gasteiger partial charge in [-0.25, -0.2) is 0 Å². The fraction of sp³-hybridized carbons (Fsp3) is 0.647. The van der Waals surface area contributed by atoms with Crippen LogP contribution in [0.25, 0.3) is 0 Å². The molecule has 4 unspecified atom stereocenters. The van der Waals surface area contributed by atoms with E-state index in [-0.39, 0.29) is 12.0 Å². The second kappa shape index (κ2) is 6.24. The second-order valence-corrected chi connectivity index (χ2v) is 6.31. The number of nitrogens with two attached hydrogens (primary N) is 1. The van der Waals surface area contributed by atoms with Crippen LogP contribution in [0.4, 0.5) is 0 Å². The van der Waals surface area contributed by atoms with Gasteiger partial charge >= 0.3 is 0 Å². The van der Waals surface area contributed by atoms with Crippen molar-refractivity contribution in [3.8, 4) is 11.5 Å². The number of aliphatic hydroxyl groups is 1. The summed E-state index contributed by atoms with van der Waals surface area (Å²) < 4.78 is 11.2. The smallest absolute Gasteiger partial charge is 0.161 e. The van der Waals surface area contributed by atoms with Crippen LogP contribution in [0.3, 0.4) is 0 Å². The van der Waals surface area contributed by atoms with Crippen LogP contribution in [0.2, 0.25) is 0 Å². The zero-order valence-electron chi connectivity index (χ0n) is 12.6. The minimum atomic E-state index is -0.380. The largest absolute Gasteiger partial charge is 0.486 e. The van der Waals surface area contributed by atoms with Gasteiger partial charge in [0.25, 0.3) is 0 Å². The Morgan fingerprint density at radius 1 is 1.24 bits per heavy atom. The molecular weight excluding hydrogens is 266 g/mol. The first kappa shape index (κ1) is 14.7. The third kappa shape index (κ3) is 2.87. The number of aliphatic hydroxyl groups excluding tert-OH is 1. The molecule has 116 valence electrons. The number of ether oxygens (including phenoxy) is 2. The third-order valence-corrected chi connectivity index (χ3v) is 5.03. The van der Waals surface area contributed by atoms with E-state index < -0.39 is 0 Å². The Hall–Kier alpha value is -1.26. The van der Waals surface area contributed by atoms with Crippen molar-refractivity contribution in [3.63, 3.8) is 0 Å². The van der Waals surface area contributed by atoms with Crippen molar-refractivity contribution in [3.05, 3.63) is 23.8 Å². The Balaban J connectivity index is 1.82. The Morgan fingerprint density at radius 2 is 2.00 bits per heavy atom. The molecule has 1 aromatic rings. The molecule has 1 aromatic carbocycles. The maximum absolute atomic E-state index is 10.8. The molecule has 4 atom stereocenters. The van der Waals surface area contributed by atoms with Crippen molar-refractivity contribution in [1.29, 1.82) is 0 Å². The number of hydrogen-bond acceptors (Lipinski definition) is 4. The highest BCUT2D eigenvalue weighted by atomic mass is 16.6. The lowest BCUT2D eigenvalue weighted by Crippen LogP contribution is -2.33. The van der Waals surface area contributed by atoms with E-state index in [0.29, 0.717) is 31.6 Å². The zero-order valence-corrected chi connectivity index (χ0v) is 12.6. The SMILES string of the molecule is CC1CCCC1C(O)C(CN)c1ccc2c(c1)OCCO2. The molecule has 1 fully saturated rings. The van der Waals surface area contributed by atoms with Gasteiger partial charge in [0.15, 0.2) is 11.5 Å². The lowest BCUT2D eigenvalue weighted by Gasteiger charge is -2.30. The molecule has 0 spiro atoms. The molecule has 0 amide bonds. The molecule has 4 nitrogen and oxygen atoms in total. The summed E-state index contributed by atoms with van der Waals surface area (Å²) in [7, 11) is 0. The van der Waals surface area contributed by atoms with E-state index in [4.69, 9.17) is 15.2 Å². The van der Waals surface area contributed by atoms with Crippen molar-refractivity contribution in [2.75, 3.05) is 19.8 Å². The highest BCUT2D eigenvalue weighted by Crippen LogP contribution is 2.40. The highest BCUT2D eigenvalue weighted by molar-refractivity contribution is 5.45. The van der Waals surface area contributed by atoms with Gasteiger partial charge in [0.1, 0.15) is 13.2 Å². The Kier molecular flexibility index (Phi) is 4.36. The maximum atomic E-state index is 10.8. The molecule has 0 saturated heterocycles. The first-order valence-electron chi connectivity index (χ1n) is 7.98. The minimum absolute atomic E-state index is 0.0358. The highest BCUT2D eigenvalue weighted by Gasteiger charge is 2.35. The molecule has 0 bridgehead atoms. The van der Waals surface area contributed by atoms with Crippen LogP contribution >= 0.6 is 0 Å². The summed E-state index contributed by atoms with van der Waals surface area (Å²) in [6.07, 6.45) is 3.14. The van der Waals surface area contributed by atoms with Crippen molar-refractivity contribution in [2.24, 2.45) is 17.6 Å².